The number of hydrogen-bond acceptors (Lipinski definition) is 5. The zero-order valence-corrected chi connectivity index (χ0v) is 12.4. The zero-order chi connectivity index (χ0) is 16.1. The number of amides is 1. The normalized spacial score (nSPS) is 11.7. The number of rotatable bonds is 6. The summed E-state index contributed by atoms with van der Waals surface area (Å²) in [6.45, 7) is 1.38. The number of halogens is 1. The highest BCUT2D eigenvalue weighted by Crippen LogP contribution is 2.27. The second-order valence-corrected chi connectivity index (χ2v) is 5.44. The maximum atomic E-state index is 13.1. The van der Waals surface area contributed by atoms with E-state index in [1.165, 1.54) is 11.3 Å². The van der Waals surface area contributed by atoms with Crippen molar-refractivity contribution < 1.29 is 18.8 Å². The first-order valence-electron chi connectivity index (χ1n) is 6.37. The summed E-state index contributed by atoms with van der Waals surface area (Å²) >= 11 is 1.50. The number of carbonyl (C=O) groups excluding carboxylic acids is 1. The molecule has 0 aliphatic heterocycles. The van der Waals surface area contributed by atoms with E-state index in [0.29, 0.717) is 0 Å². The molecule has 2 aromatic rings. The van der Waals surface area contributed by atoms with E-state index in [0.717, 1.165) is 23.1 Å². The quantitative estimate of drug-likeness (QED) is 0.654. The standard InChI is InChI=1S/C14H13FN2O4S/c1-9(13-3-2-6-22-13)16-14(18)8-21-12-7-10(15)4-5-11(12)17(19)20/h2-7,9H,8H2,1H3,(H,16,18)/t9-/m0/s1. The van der Waals surface area contributed by atoms with Crippen molar-refractivity contribution in [1.82, 2.24) is 5.32 Å². The van der Waals surface area contributed by atoms with E-state index >= 15 is 0 Å². The average Bonchev–Trinajstić information content (AvgIpc) is 2.99. The molecule has 0 aliphatic carbocycles. The molecule has 1 aromatic heterocycles. The molecule has 8 heteroatoms. The predicted molar refractivity (Wildman–Crippen MR) is 79.4 cm³/mol. The Bertz CT molecular complexity index is 675. The lowest BCUT2D eigenvalue weighted by Gasteiger charge is -2.12. The second kappa shape index (κ2) is 6.99. The smallest absolute Gasteiger partial charge is 0.311 e. The Balaban J connectivity index is 1.96. The van der Waals surface area contributed by atoms with Crippen molar-refractivity contribution in [3.05, 3.63) is 56.5 Å². The number of carbonyl (C=O) groups is 1. The first-order chi connectivity index (χ1) is 10.5. The van der Waals surface area contributed by atoms with Crippen LogP contribution < -0.4 is 10.1 Å². The lowest BCUT2D eigenvalue weighted by molar-refractivity contribution is -0.385. The van der Waals surface area contributed by atoms with Crippen LogP contribution in [-0.2, 0) is 4.79 Å². The van der Waals surface area contributed by atoms with E-state index in [-0.39, 0.29) is 17.5 Å². The molecule has 22 heavy (non-hydrogen) atoms. The molecule has 0 saturated heterocycles. The summed E-state index contributed by atoms with van der Waals surface area (Å²) < 4.78 is 18.2. The van der Waals surface area contributed by atoms with Crippen molar-refractivity contribution in [2.45, 2.75) is 13.0 Å². The molecule has 1 atom stereocenters. The van der Waals surface area contributed by atoms with Gasteiger partial charge in [0.05, 0.1) is 11.0 Å². The number of nitro groups is 1. The molecule has 6 nitrogen and oxygen atoms in total. The summed E-state index contributed by atoms with van der Waals surface area (Å²) in [5.74, 6) is -1.39. The van der Waals surface area contributed by atoms with Crippen LogP contribution in [0.1, 0.15) is 17.8 Å². The predicted octanol–water partition coefficient (Wildman–Crippen LogP) is 3.05. The van der Waals surface area contributed by atoms with Crippen LogP contribution in [0.4, 0.5) is 10.1 Å². The van der Waals surface area contributed by atoms with Gasteiger partial charge < -0.3 is 10.1 Å². The summed E-state index contributed by atoms with van der Waals surface area (Å²) in [6, 6.07) is 6.40. The first kappa shape index (κ1) is 15.9. The van der Waals surface area contributed by atoms with Gasteiger partial charge >= 0.3 is 5.69 Å². The average molecular weight is 324 g/mol. The fourth-order valence-corrected chi connectivity index (χ4v) is 2.52. The molecule has 0 aliphatic rings. The van der Waals surface area contributed by atoms with Crippen LogP contribution in [0, 0.1) is 15.9 Å². The molecule has 0 radical (unpaired) electrons. The van der Waals surface area contributed by atoms with Crippen LogP contribution >= 0.6 is 11.3 Å². The van der Waals surface area contributed by atoms with Gasteiger partial charge in [0.1, 0.15) is 5.82 Å². The maximum Gasteiger partial charge on any atom is 0.311 e. The van der Waals surface area contributed by atoms with Crippen molar-refractivity contribution in [3.8, 4) is 5.75 Å². The van der Waals surface area contributed by atoms with Crippen molar-refractivity contribution in [1.29, 1.82) is 0 Å². The highest BCUT2D eigenvalue weighted by molar-refractivity contribution is 7.10. The van der Waals surface area contributed by atoms with Gasteiger partial charge in [-0.2, -0.15) is 0 Å². The number of ether oxygens (including phenoxy) is 1. The number of nitrogens with zero attached hydrogens (tertiary/aromatic N) is 1. The molecular formula is C14H13FN2O4S. The van der Waals surface area contributed by atoms with Gasteiger partial charge in [-0.3, -0.25) is 14.9 Å². The van der Waals surface area contributed by atoms with Crippen molar-refractivity contribution >= 4 is 22.9 Å². The summed E-state index contributed by atoms with van der Waals surface area (Å²) in [7, 11) is 0. The summed E-state index contributed by atoms with van der Waals surface area (Å²) in [5.41, 5.74) is -0.388. The lowest BCUT2D eigenvalue weighted by atomic mass is 10.2. The minimum absolute atomic E-state index is 0.196. The first-order valence-corrected chi connectivity index (χ1v) is 7.25. The Labute approximate surface area is 129 Å². The van der Waals surface area contributed by atoms with Gasteiger partial charge in [-0.05, 0) is 24.4 Å². The van der Waals surface area contributed by atoms with Gasteiger partial charge in [-0.15, -0.1) is 11.3 Å². The lowest BCUT2D eigenvalue weighted by Crippen LogP contribution is -2.31. The third kappa shape index (κ3) is 4.01. The minimum Gasteiger partial charge on any atom is -0.477 e. The molecule has 1 amide bonds. The molecule has 1 aromatic carbocycles. The molecule has 0 saturated carbocycles. The van der Waals surface area contributed by atoms with Gasteiger partial charge in [0.2, 0.25) is 5.75 Å². The molecule has 0 bridgehead atoms. The second-order valence-electron chi connectivity index (χ2n) is 4.46. The highest BCUT2D eigenvalue weighted by Gasteiger charge is 2.18. The SMILES string of the molecule is C[C@H](NC(=O)COc1cc(F)ccc1[N+](=O)[O-])c1cccs1. The topological polar surface area (TPSA) is 81.5 Å². The molecule has 0 fully saturated rings. The van der Waals surface area contributed by atoms with Crippen LogP contribution in [0.25, 0.3) is 0 Å². The molecule has 0 spiro atoms. The zero-order valence-electron chi connectivity index (χ0n) is 11.6. The number of thiophene rings is 1. The number of nitrogens with one attached hydrogen (secondary N) is 1. The van der Waals surface area contributed by atoms with Gasteiger partial charge in [-0.1, -0.05) is 6.07 Å². The van der Waals surface area contributed by atoms with Gasteiger partial charge in [-0.25, -0.2) is 4.39 Å². The van der Waals surface area contributed by atoms with Crippen LogP contribution in [-0.4, -0.2) is 17.4 Å². The fourth-order valence-electron chi connectivity index (χ4n) is 1.79. The summed E-state index contributed by atoms with van der Waals surface area (Å²) in [6.07, 6.45) is 0. The van der Waals surface area contributed by atoms with E-state index in [1.54, 1.807) is 0 Å². The molecule has 116 valence electrons. The van der Waals surface area contributed by atoms with E-state index in [4.69, 9.17) is 4.74 Å². The Kier molecular flexibility index (Phi) is 5.05. The van der Waals surface area contributed by atoms with E-state index in [9.17, 15) is 19.3 Å². The van der Waals surface area contributed by atoms with Gasteiger partial charge in [0.25, 0.3) is 5.91 Å². The monoisotopic (exact) mass is 324 g/mol. The van der Waals surface area contributed by atoms with Crippen molar-refractivity contribution in [3.63, 3.8) is 0 Å². The number of hydrogen-bond donors (Lipinski definition) is 1. The fraction of sp³-hybridized carbons (Fsp3) is 0.214. The molecular weight excluding hydrogens is 311 g/mol. The van der Waals surface area contributed by atoms with Crippen LogP contribution in [0.15, 0.2) is 35.7 Å². The Hall–Kier alpha value is -2.48. The van der Waals surface area contributed by atoms with Crippen molar-refractivity contribution in [2.75, 3.05) is 6.61 Å². The maximum absolute atomic E-state index is 13.1. The summed E-state index contributed by atoms with van der Waals surface area (Å²) in [5, 5.41) is 15.4. The number of nitro benzene ring substituents is 1. The summed E-state index contributed by atoms with van der Waals surface area (Å²) in [4.78, 5) is 22.9. The largest absolute Gasteiger partial charge is 0.477 e. The molecule has 1 heterocycles. The van der Waals surface area contributed by atoms with E-state index < -0.39 is 23.3 Å². The third-order valence-corrected chi connectivity index (χ3v) is 3.88. The highest BCUT2D eigenvalue weighted by atomic mass is 32.1. The van der Waals surface area contributed by atoms with Crippen molar-refractivity contribution in [2.24, 2.45) is 0 Å². The van der Waals surface area contributed by atoms with E-state index in [1.807, 2.05) is 24.4 Å². The van der Waals surface area contributed by atoms with Crippen LogP contribution in [0.3, 0.4) is 0 Å². The third-order valence-electron chi connectivity index (χ3n) is 2.82. The Morgan fingerprint density at radius 3 is 2.91 bits per heavy atom. The molecule has 0 unspecified atom stereocenters. The Morgan fingerprint density at radius 1 is 1.50 bits per heavy atom. The van der Waals surface area contributed by atoms with Gasteiger partial charge in [0.15, 0.2) is 6.61 Å². The van der Waals surface area contributed by atoms with Gasteiger partial charge in [0, 0.05) is 17.0 Å². The van der Waals surface area contributed by atoms with E-state index in [2.05, 4.69) is 5.32 Å². The van der Waals surface area contributed by atoms with Crippen LogP contribution in [0.2, 0.25) is 0 Å². The molecule has 2 rings (SSSR count). The minimum atomic E-state index is -0.694. The number of benzene rings is 1. The Morgan fingerprint density at radius 2 is 2.27 bits per heavy atom. The molecule has 1 N–H and O–H groups in total. The van der Waals surface area contributed by atoms with Crippen LogP contribution in [0.5, 0.6) is 5.75 Å².